The van der Waals surface area contributed by atoms with E-state index in [4.69, 9.17) is 0 Å². The van der Waals surface area contributed by atoms with Crippen LogP contribution < -0.4 is 0 Å². The predicted molar refractivity (Wildman–Crippen MR) is 204 cm³/mol. The minimum Gasteiger partial charge on any atom is -0.0622 e. The predicted octanol–water partition coefficient (Wildman–Crippen LogP) is 13.4. The lowest BCUT2D eigenvalue weighted by Crippen LogP contribution is -1.87. The first kappa shape index (κ1) is 29.2. The molecule has 0 bridgehead atoms. The van der Waals surface area contributed by atoms with Gasteiger partial charge in [0.2, 0.25) is 0 Å². The third kappa shape index (κ3) is 6.25. The van der Waals surface area contributed by atoms with Crippen molar-refractivity contribution in [3.63, 3.8) is 0 Å². The van der Waals surface area contributed by atoms with Crippen LogP contribution in [0.25, 0.3) is 77.9 Å². The average molecular weight is 611 g/mol. The van der Waals surface area contributed by atoms with Gasteiger partial charge in [0.25, 0.3) is 0 Å². The molecule has 0 atom stereocenters. The first-order valence-electron chi connectivity index (χ1n) is 16.5. The summed E-state index contributed by atoms with van der Waals surface area (Å²) in [5.41, 5.74) is 17.0. The summed E-state index contributed by atoms with van der Waals surface area (Å²) in [4.78, 5) is 0. The van der Waals surface area contributed by atoms with Crippen molar-refractivity contribution < 1.29 is 0 Å². The molecule has 0 saturated heterocycles. The molecule has 8 rings (SSSR count). The third-order valence-corrected chi connectivity index (χ3v) is 9.06. The van der Waals surface area contributed by atoms with Gasteiger partial charge in [0.1, 0.15) is 0 Å². The third-order valence-electron chi connectivity index (χ3n) is 9.06. The van der Waals surface area contributed by atoms with Crippen molar-refractivity contribution in [1.82, 2.24) is 0 Å². The second-order valence-electron chi connectivity index (χ2n) is 12.2. The van der Waals surface area contributed by atoms with Gasteiger partial charge < -0.3 is 0 Å². The lowest BCUT2D eigenvalue weighted by molar-refractivity contribution is 1.55. The molecule has 0 amide bonds. The van der Waals surface area contributed by atoms with E-state index in [0.29, 0.717) is 0 Å². The van der Waals surface area contributed by atoms with Crippen LogP contribution in [-0.2, 0) is 0 Å². The highest BCUT2D eigenvalue weighted by Gasteiger charge is 2.10. The number of benzene rings is 8. The van der Waals surface area contributed by atoms with E-state index in [0.717, 1.165) is 0 Å². The molecule has 0 unspecified atom stereocenters. The van der Waals surface area contributed by atoms with Crippen LogP contribution in [0.15, 0.2) is 206 Å². The fourth-order valence-electron chi connectivity index (χ4n) is 6.49. The minimum absolute atomic E-state index is 1.20. The van der Waals surface area contributed by atoms with Crippen LogP contribution in [0.1, 0.15) is 0 Å². The molecule has 0 heteroatoms. The van der Waals surface area contributed by atoms with E-state index < -0.39 is 0 Å². The van der Waals surface area contributed by atoms with Crippen molar-refractivity contribution in [2.75, 3.05) is 0 Å². The van der Waals surface area contributed by atoms with Crippen molar-refractivity contribution in [1.29, 1.82) is 0 Å². The second kappa shape index (κ2) is 13.2. The normalized spacial score (nSPS) is 10.9. The van der Waals surface area contributed by atoms with E-state index in [1.54, 1.807) is 0 Å². The van der Waals surface area contributed by atoms with Crippen molar-refractivity contribution in [2.45, 2.75) is 0 Å². The zero-order valence-corrected chi connectivity index (χ0v) is 26.6. The van der Waals surface area contributed by atoms with Gasteiger partial charge in [-0.15, -0.1) is 0 Å². The maximum Gasteiger partial charge on any atom is -0.0172 e. The van der Waals surface area contributed by atoms with E-state index >= 15 is 0 Å². The summed E-state index contributed by atoms with van der Waals surface area (Å²) < 4.78 is 0. The van der Waals surface area contributed by atoms with E-state index in [1.807, 2.05) is 0 Å². The van der Waals surface area contributed by atoms with Crippen LogP contribution in [0.3, 0.4) is 0 Å². The topological polar surface area (TPSA) is 0 Å². The number of rotatable bonds is 7. The van der Waals surface area contributed by atoms with E-state index in [1.165, 1.54) is 77.9 Å². The molecule has 0 fully saturated rings. The maximum absolute atomic E-state index is 2.30. The van der Waals surface area contributed by atoms with Crippen molar-refractivity contribution >= 4 is 0 Å². The van der Waals surface area contributed by atoms with Gasteiger partial charge in [0.15, 0.2) is 0 Å². The van der Waals surface area contributed by atoms with Crippen molar-refractivity contribution in [2.24, 2.45) is 0 Å². The zero-order chi connectivity index (χ0) is 32.1. The summed E-state index contributed by atoms with van der Waals surface area (Å²) in [7, 11) is 0. The standard InChI is InChI=1S/C48H34/c1-5-13-35(14-6-1)43-29-44(36-15-7-2-8-16-36)32-47(31-43)41-25-21-39(22-26-41)40-23-27-42(28-24-40)48-33-45(37-17-9-3-10-18-37)30-46(34-48)38-19-11-4-12-20-38/h1-34H. The van der Waals surface area contributed by atoms with Gasteiger partial charge in [-0.2, -0.15) is 0 Å². The van der Waals surface area contributed by atoms with E-state index in [2.05, 4.69) is 206 Å². The molecule has 8 aromatic rings. The summed E-state index contributed by atoms with van der Waals surface area (Å²) in [6.45, 7) is 0. The molecule has 0 aliphatic rings. The molecule has 0 nitrogen and oxygen atoms in total. The Balaban J connectivity index is 1.11. The largest absolute Gasteiger partial charge is 0.0622 e. The molecule has 0 N–H and O–H groups in total. The molecular formula is C48H34. The van der Waals surface area contributed by atoms with Crippen LogP contribution >= 0.6 is 0 Å². The van der Waals surface area contributed by atoms with E-state index in [-0.39, 0.29) is 0 Å². The lowest BCUT2D eigenvalue weighted by atomic mass is 9.92. The Kier molecular flexibility index (Phi) is 8.05. The molecule has 8 aromatic carbocycles. The quantitative estimate of drug-likeness (QED) is 0.168. The van der Waals surface area contributed by atoms with Gasteiger partial charge in [-0.25, -0.2) is 0 Å². The monoisotopic (exact) mass is 610 g/mol. The highest BCUT2D eigenvalue weighted by molar-refractivity contribution is 5.84. The van der Waals surface area contributed by atoms with Crippen molar-refractivity contribution in [3.05, 3.63) is 206 Å². The molecule has 0 spiro atoms. The zero-order valence-electron chi connectivity index (χ0n) is 26.6. The summed E-state index contributed by atoms with van der Waals surface area (Å²) in [6.07, 6.45) is 0. The van der Waals surface area contributed by atoms with Gasteiger partial charge in [0.05, 0.1) is 0 Å². The number of hydrogen-bond acceptors (Lipinski definition) is 0. The highest BCUT2D eigenvalue weighted by Crippen LogP contribution is 2.36. The molecule has 0 saturated carbocycles. The molecule has 48 heavy (non-hydrogen) atoms. The Morgan fingerprint density at radius 2 is 0.271 bits per heavy atom. The molecule has 0 aromatic heterocycles. The average Bonchev–Trinajstić information content (AvgIpc) is 3.19. The molecular weight excluding hydrogens is 577 g/mol. The number of hydrogen-bond donors (Lipinski definition) is 0. The molecule has 0 aliphatic carbocycles. The van der Waals surface area contributed by atoms with Crippen molar-refractivity contribution in [3.8, 4) is 77.9 Å². The minimum atomic E-state index is 1.20. The molecule has 0 heterocycles. The van der Waals surface area contributed by atoms with Gasteiger partial charge in [-0.3, -0.25) is 0 Å². The van der Waals surface area contributed by atoms with Gasteiger partial charge in [-0.1, -0.05) is 170 Å². The summed E-state index contributed by atoms with van der Waals surface area (Å²) in [6, 6.07) is 74.3. The van der Waals surface area contributed by atoms with Crippen LogP contribution in [0.2, 0.25) is 0 Å². The fourth-order valence-corrected chi connectivity index (χ4v) is 6.49. The van der Waals surface area contributed by atoms with E-state index in [9.17, 15) is 0 Å². The van der Waals surface area contributed by atoms with Gasteiger partial charge >= 0.3 is 0 Å². The second-order valence-corrected chi connectivity index (χ2v) is 12.2. The van der Waals surface area contributed by atoms with Crippen LogP contribution in [0.5, 0.6) is 0 Å². The Morgan fingerprint density at radius 1 is 0.125 bits per heavy atom. The lowest BCUT2D eigenvalue weighted by Gasteiger charge is -2.13. The first-order chi connectivity index (χ1) is 23.8. The Hall–Kier alpha value is -6.24. The Bertz CT molecular complexity index is 1980. The summed E-state index contributed by atoms with van der Waals surface area (Å²) in [5, 5.41) is 0. The summed E-state index contributed by atoms with van der Waals surface area (Å²) >= 11 is 0. The maximum atomic E-state index is 2.30. The van der Waals surface area contributed by atoms with Crippen LogP contribution in [0, 0.1) is 0 Å². The highest BCUT2D eigenvalue weighted by atomic mass is 14.1. The van der Waals surface area contributed by atoms with Crippen LogP contribution in [-0.4, -0.2) is 0 Å². The smallest absolute Gasteiger partial charge is 0.0172 e. The summed E-state index contributed by atoms with van der Waals surface area (Å²) in [5.74, 6) is 0. The fraction of sp³-hybridized carbons (Fsp3) is 0. The van der Waals surface area contributed by atoms with Gasteiger partial charge in [-0.05, 0) is 114 Å². The first-order valence-corrected chi connectivity index (χ1v) is 16.5. The molecule has 0 aliphatic heterocycles. The molecule has 226 valence electrons. The SMILES string of the molecule is c1ccc(-c2cc(-c3ccccc3)cc(-c3ccc(-c4ccc(-c5cc(-c6ccccc6)cc(-c6ccccc6)c5)cc4)cc3)c2)cc1. The molecule has 0 radical (unpaired) electrons. The van der Waals surface area contributed by atoms with Crippen LogP contribution in [0.4, 0.5) is 0 Å². The Morgan fingerprint density at radius 3 is 0.458 bits per heavy atom. The van der Waals surface area contributed by atoms with Gasteiger partial charge in [0, 0.05) is 0 Å². The Labute approximate surface area is 283 Å².